The van der Waals surface area contributed by atoms with Gasteiger partial charge in [0.15, 0.2) is 12.4 Å². The van der Waals surface area contributed by atoms with Crippen molar-refractivity contribution >= 4 is 28.7 Å². The highest BCUT2D eigenvalue weighted by Crippen LogP contribution is 2.26. The lowest BCUT2D eigenvalue weighted by Gasteiger charge is -2.10. The molecule has 4 rings (SSSR count). The third kappa shape index (κ3) is 4.49. The summed E-state index contributed by atoms with van der Waals surface area (Å²) < 4.78 is 15.3. The first kappa shape index (κ1) is 20.8. The second kappa shape index (κ2) is 9.13. The molecule has 0 aliphatic heterocycles. The summed E-state index contributed by atoms with van der Waals surface area (Å²) in [5.74, 6) is -1.52. The summed E-state index contributed by atoms with van der Waals surface area (Å²) in [5, 5.41) is 2.69. The molecule has 0 unspecified atom stereocenters. The van der Waals surface area contributed by atoms with Gasteiger partial charge >= 0.3 is 5.97 Å². The van der Waals surface area contributed by atoms with Crippen molar-refractivity contribution in [3.05, 3.63) is 84.3 Å². The van der Waals surface area contributed by atoms with Crippen LogP contribution in [-0.4, -0.2) is 36.5 Å². The van der Waals surface area contributed by atoms with Gasteiger partial charge in [-0.15, -0.1) is 0 Å². The van der Waals surface area contributed by atoms with Gasteiger partial charge in [0.1, 0.15) is 5.75 Å². The maximum absolute atomic E-state index is 12.8. The number of aromatic nitrogens is 1. The molecule has 2 heterocycles. The van der Waals surface area contributed by atoms with Gasteiger partial charge < -0.3 is 13.9 Å². The van der Waals surface area contributed by atoms with E-state index in [1.54, 1.807) is 43.5 Å². The molecule has 0 atom stereocenters. The van der Waals surface area contributed by atoms with E-state index in [9.17, 15) is 14.4 Å². The molecule has 4 aromatic rings. The van der Waals surface area contributed by atoms with Crippen molar-refractivity contribution in [3.63, 3.8) is 0 Å². The molecule has 1 N–H and O–H groups in total. The number of imide groups is 1. The SMILES string of the molecule is COc1ccc(-c2cc(C(=O)OCC(=O)NC(=O)c3ccco3)c3ccccc3n2)cc1. The number of para-hydroxylation sites is 1. The molecule has 2 amide bonds. The Hall–Kier alpha value is -4.46. The highest BCUT2D eigenvalue weighted by Gasteiger charge is 2.18. The third-order valence-corrected chi connectivity index (χ3v) is 4.65. The van der Waals surface area contributed by atoms with Crippen LogP contribution in [0.25, 0.3) is 22.2 Å². The van der Waals surface area contributed by atoms with Gasteiger partial charge in [0.2, 0.25) is 0 Å². The highest BCUT2D eigenvalue weighted by atomic mass is 16.5. The Kier molecular flexibility index (Phi) is 5.94. The molecule has 0 bridgehead atoms. The zero-order valence-corrected chi connectivity index (χ0v) is 17.0. The largest absolute Gasteiger partial charge is 0.497 e. The van der Waals surface area contributed by atoms with Crippen LogP contribution in [-0.2, 0) is 9.53 Å². The molecule has 2 aromatic heterocycles. The number of carbonyl (C=O) groups is 3. The minimum atomic E-state index is -0.770. The second-order valence-corrected chi connectivity index (χ2v) is 6.73. The zero-order chi connectivity index (χ0) is 22.5. The fourth-order valence-electron chi connectivity index (χ4n) is 3.09. The van der Waals surface area contributed by atoms with Crippen molar-refractivity contribution in [3.8, 4) is 17.0 Å². The summed E-state index contributed by atoms with van der Waals surface area (Å²) in [7, 11) is 1.58. The van der Waals surface area contributed by atoms with E-state index in [-0.39, 0.29) is 11.3 Å². The van der Waals surface area contributed by atoms with Gasteiger partial charge in [0.05, 0.1) is 30.1 Å². The van der Waals surface area contributed by atoms with E-state index in [0.29, 0.717) is 22.3 Å². The van der Waals surface area contributed by atoms with Gasteiger partial charge in [-0.25, -0.2) is 9.78 Å². The lowest BCUT2D eigenvalue weighted by atomic mass is 10.0. The van der Waals surface area contributed by atoms with Crippen molar-refractivity contribution in [2.45, 2.75) is 0 Å². The molecule has 32 heavy (non-hydrogen) atoms. The number of amides is 2. The number of carbonyl (C=O) groups excluding carboxylic acids is 3. The molecule has 0 saturated heterocycles. The van der Waals surface area contributed by atoms with Gasteiger partial charge in [0, 0.05) is 10.9 Å². The first-order valence-corrected chi connectivity index (χ1v) is 9.64. The van der Waals surface area contributed by atoms with E-state index < -0.39 is 24.4 Å². The summed E-state index contributed by atoms with van der Waals surface area (Å²) in [6.45, 7) is -0.625. The molecule has 0 aliphatic carbocycles. The maximum atomic E-state index is 12.8. The molecular weight excluding hydrogens is 412 g/mol. The Morgan fingerprint density at radius 1 is 1.00 bits per heavy atom. The Labute approximate surface area is 182 Å². The first-order valence-electron chi connectivity index (χ1n) is 9.64. The molecule has 8 heteroatoms. The summed E-state index contributed by atoms with van der Waals surface area (Å²) in [5.41, 5.74) is 2.21. The molecule has 0 spiro atoms. The Balaban J connectivity index is 1.54. The third-order valence-electron chi connectivity index (χ3n) is 4.65. The smallest absolute Gasteiger partial charge is 0.339 e. The number of pyridine rings is 1. The maximum Gasteiger partial charge on any atom is 0.339 e. The lowest BCUT2D eigenvalue weighted by Crippen LogP contribution is -2.34. The van der Waals surface area contributed by atoms with Gasteiger partial charge in [-0.1, -0.05) is 18.2 Å². The number of methoxy groups -OCH3 is 1. The van der Waals surface area contributed by atoms with Gasteiger partial charge in [-0.2, -0.15) is 0 Å². The zero-order valence-electron chi connectivity index (χ0n) is 17.0. The van der Waals surface area contributed by atoms with Crippen LogP contribution in [0.4, 0.5) is 0 Å². The summed E-state index contributed by atoms with van der Waals surface area (Å²) >= 11 is 0. The molecule has 0 fully saturated rings. The van der Waals surface area contributed by atoms with Gasteiger partial charge in [-0.3, -0.25) is 14.9 Å². The van der Waals surface area contributed by atoms with Crippen molar-refractivity contribution in [1.82, 2.24) is 10.3 Å². The van der Waals surface area contributed by atoms with Crippen LogP contribution < -0.4 is 10.1 Å². The van der Waals surface area contributed by atoms with Crippen molar-refractivity contribution < 1.29 is 28.3 Å². The van der Waals surface area contributed by atoms with Crippen molar-refractivity contribution in [1.29, 1.82) is 0 Å². The summed E-state index contributed by atoms with van der Waals surface area (Å²) in [6.07, 6.45) is 1.31. The predicted octanol–water partition coefficient (Wildman–Crippen LogP) is 3.62. The normalized spacial score (nSPS) is 10.5. The Morgan fingerprint density at radius 3 is 2.50 bits per heavy atom. The Morgan fingerprint density at radius 2 is 1.78 bits per heavy atom. The first-order chi connectivity index (χ1) is 15.5. The number of furan rings is 1. The number of hydrogen-bond donors (Lipinski definition) is 1. The number of nitrogens with zero attached hydrogens (tertiary/aromatic N) is 1. The van der Waals surface area contributed by atoms with Crippen molar-refractivity contribution in [2.24, 2.45) is 0 Å². The van der Waals surface area contributed by atoms with E-state index in [2.05, 4.69) is 10.3 Å². The molecule has 0 saturated carbocycles. The van der Waals surface area contributed by atoms with Crippen LogP contribution in [0.15, 0.2) is 77.4 Å². The minimum Gasteiger partial charge on any atom is -0.497 e. The second-order valence-electron chi connectivity index (χ2n) is 6.73. The number of hydrogen-bond acceptors (Lipinski definition) is 7. The highest BCUT2D eigenvalue weighted by molar-refractivity contribution is 6.06. The van der Waals surface area contributed by atoms with E-state index in [1.165, 1.54) is 18.4 Å². The van der Waals surface area contributed by atoms with Gasteiger partial charge in [0.25, 0.3) is 11.8 Å². The monoisotopic (exact) mass is 430 g/mol. The van der Waals surface area contributed by atoms with Crippen LogP contribution in [0, 0.1) is 0 Å². The van der Waals surface area contributed by atoms with Crippen LogP contribution >= 0.6 is 0 Å². The lowest BCUT2D eigenvalue weighted by molar-refractivity contribution is -0.123. The fourth-order valence-corrected chi connectivity index (χ4v) is 3.09. The van der Waals surface area contributed by atoms with Crippen LogP contribution in [0.3, 0.4) is 0 Å². The predicted molar refractivity (Wildman–Crippen MR) is 115 cm³/mol. The molecule has 160 valence electrons. The van der Waals surface area contributed by atoms with E-state index >= 15 is 0 Å². The van der Waals surface area contributed by atoms with Gasteiger partial charge in [-0.05, 0) is 48.5 Å². The average Bonchev–Trinajstić information content (AvgIpc) is 3.37. The average molecular weight is 430 g/mol. The standard InChI is InChI=1S/C24H18N2O6/c1-30-16-10-8-15(9-11-16)20-13-18(17-5-2-3-6-19(17)25-20)24(29)32-14-22(27)26-23(28)21-7-4-12-31-21/h2-13H,14H2,1H3,(H,26,27,28). The van der Waals surface area contributed by atoms with E-state index in [4.69, 9.17) is 13.9 Å². The molecule has 0 aliphatic rings. The van der Waals surface area contributed by atoms with Crippen LogP contribution in [0.1, 0.15) is 20.9 Å². The number of benzene rings is 2. The van der Waals surface area contributed by atoms with Crippen molar-refractivity contribution in [2.75, 3.05) is 13.7 Å². The minimum absolute atomic E-state index is 0.0195. The molecule has 2 aromatic carbocycles. The number of ether oxygens (including phenoxy) is 2. The number of fused-ring (bicyclic) bond motifs is 1. The van der Waals surface area contributed by atoms with Crippen LogP contribution in [0.2, 0.25) is 0 Å². The van der Waals surface area contributed by atoms with Crippen LogP contribution in [0.5, 0.6) is 5.75 Å². The molecule has 0 radical (unpaired) electrons. The summed E-state index contributed by atoms with van der Waals surface area (Å²) in [4.78, 5) is 41.3. The quantitative estimate of drug-likeness (QED) is 0.466. The fraction of sp³-hybridized carbons (Fsp3) is 0.0833. The number of rotatable bonds is 6. The number of nitrogens with one attached hydrogen (secondary N) is 1. The van der Waals surface area contributed by atoms with E-state index in [1.807, 2.05) is 18.2 Å². The molecule has 8 nitrogen and oxygen atoms in total. The Bertz CT molecular complexity index is 1280. The topological polar surface area (TPSA) is 108 Å². The van der Waals surface area contributed by atoms with E-state index in [0.717, 1.165) is 5.56 Å². The molecular formula is C24H18N2O6. The number of esters is 1. The summed E-state index contributed by atoms with van der Waals surface area (Å²) in [6, 6.07) is 18.9.